The largest absolute Gasteiger partial charge is 0.351 e. The molecule has 17 heavy (non-hydrogen) atoms. The highest BCUT2D eigenvalue weighted by atomic mass is 35.7. The van der Waals surface area contributed by atoms with Crippen LogP contribution in [0.4, 0.5) is 0 Å². The lowest BCUT2D eigenvalue weighted by Crippen LogP contribution is -2.30. The quantitative estimate of drug-likeness (QED) is 0.634. The zero-order chi connectivity index (χ0) is 13.1. The minimum atomic E-state index is -3.87. The lowest BCUT2D eigenvalue weighted by atomic mass is 10.3. The van der Waals surface area contributed by atoms with Gasteiger partial charge in [-0.15, -0.1) is 6.58 Å². The van der Waals surface area contributed by atoms with Gasteiger partial charge in [0.05, 0.1) is 6.33 Å². The van der Waals surface area contributed by atoms with Crippen molar-refractivity contribution in [2.45, 2.75) is 18.0 Å². The maximum absolute atomic E-state index is 11.6. The number of carbonyl (C=O) groups is 1. The van der Waals surface area contributed by atoms with E-state index in [2.05, 4.69) is 16.9 Å². The van der Waals surface area contributed by atoms with Crippen LogP contribution in [0.2, 0.25) is 0 Å². The summed E-state index contributed by atoms with van der Waals surface area (Å²) in [5.41, 5.74) is 0. The third kappa shape index (κ3) is 3.57. The molecule has 1 heterocycles. The van der Waals surface area contributed by atoms with Gasteiger partial charge in [-0.05, 0) is 6.92 Å². The zero-order valence-electron chi connectivity index (χ0n) is 9.13. The van der Waals surface area contributed by atoms with E-state index in [9.17, 15) is 13.2 Å². The van der Waals surface area contributed by atoms with E-state index >= 15 is 0 Å². The first-order valence-corrected chi connectivity index (χ1v) is 7.04. The number of imidazole rings is 1. The van der Waals surface area contributed by atoms with Crippen LogP contribution in [0, 0.1) is 0 Å². The molecule has 6 nitrogen and oxygen atoms in total. The molecule has 0 fully saturated rings. The van der Waals surface area contributed by atoms with Gasteiger partial charge in [0.25, 0.3) is 9.05 Å². The van der Waals surface area contributed by atoms with E-state index in [-0.39, 0.29) is 10.9 Å². The molecule has 1 amide bonds. The van der Waals surface area contributed by atoms with Crippen molar-refractivity contribution in [3.05, 3.63) is 25.2 Å². The molecule has 1 aromatic rings. The molecule has 0 saturated carbocycles. The molecule has 0 saturated heterocycles. The lowest BCUT2D eigenvalue weighted by Gasteiger charge is -2.11. The summed E-state index contributed by atoms with van der Waals surface area (Å²) in [4.78, 5) is 15.2. The molecule has 0 bridgehead atoms. The molecular formula is C9H12ClN3O3S. The maximum Gasteiger partial charge on any atom is 0.280 e. The summed E-state index contributed by atoms with van der Waals surface area (Å²) in [5.74, 6) is -0.263. The fourth-order valence-electron chi connectivity index (χ4n) is 1.11. The minimum absolute atomic E-state index is 0.263. The van der Waals surface area contributed by atoms with E-state index in [1.807, 2.05) is 0 Å². The molecule has 0 aliphatic carbocycles. The van der Waals surface area contributed by atoms with Crippen molar-refractivity contribution >= 4 is 25.6 Å². The summed E-state index contributed by atoms with van der Waals surface area (Å²) < 4.78 is 23.3. The Morgan fingerprint density at radius 1 is 1.76 bits per heavy atom. The SMILES string of the molecule is C=CCNC(=O)C(C)n1cnc(S(=O)(=O)Cl)c1. The Morgan fingerprint density at radius 2 is 2.41 bits per heavy atom. The number of hydrogen-bond donors (Lipinski definition) is 1. The van der Waals surface area contributed by atoms with Gasteiger partial charge >= 0.3 is 0 Å². The van der Waals surface area contributed by atoms with Crippen LogP contribution in [0.25, 0.3) is 0 Å². The number of halogens is 1. The normalized spacial score (nSPS) is 13.1. The first kappa shape index (κ1) is 13.7. The topological polar surface area (TPSA) is 81.1 Å². The van der Waals surface area contributed by atoms with Crippen LogP contribution in [-0.2, 0) is 13.8 Å². The third-order valence-electron chi connectivity index (χ3n) is 2.07. The van der Waals surface area contributed by atoms with Crippen LogP contribution < -0.4 is 5.32 Å². The van der Waals surface area contributed by atoms with Gasteiger partial charge in [0.15, 0.2) is 5.03 Å². The monoisotopic (exact) mass is 277 g/mol. The molecule has 1 N–H and O–H groups in total. The van der Waals surface area contributed by atoms with Crippen LogP contribution >= 0.6 is 10.7 Å². The van der Waals surface area contributed by atoms with Crippen molar-refractivity contribution in [2.75, 3.05) is 6.54 Å². The van der Waals surface area contributed by atoms with Crippen LogP contribution in [0.15, 0.2) is 30.2 Å². The van der Waals surface area contributed by atoms with Gasteiger partial charge < -0.3 is 9.88 Å². The molecule has 94 valence electrons. The summed E-state index contributed by atoms with van der Waals surface area (Å²) in [7, 11) is 1.26. The van der Waals surface area contributed by atoms with Crippen molar-refractivity contribution in [3.63, 3.8) is 0 Å². The average Bonchev–Trinajstić information content (AvgIpc) is 2.73. The number of hydrogen-bond acceptors (Lipinski definition) is 4. The first-order valence-electron chi connectivity index (χ1n) is 4.73. The number of rotatable bonds is 5. The second kappa shape index (κ2) is 5.33. The summed E-state index contributed by atoms with van der Waals surface area (Å²) in [6.45, 7) is 5.43. The Morgan fingerprint density at radius 3 is 2.88 bits per heavy atom. The molecule has 0 aliphatic rings. The first-order chi connectivity index (χ1) is 7.86. The fraction of sp³-hybridized carbons (Fsp3) is 0.333. The van der Waals surface area contributed by atoms with Gasteiger partial charge in [0.1, 0.15) is 6.04 Å². The highest BCUT2D eigenvalue weighted by molar-refractivity contribution is 8.13. The maximum atomic E-state index is 11.6. The molecule has 0 aromatic carbocycles. The molecule has 1 unspecified atom stereocenters. The molecular weight excluding hydrogens is 266 g/mol. The molecule has 0 radical (unpaired) electrons. The molecule has 1 aromatic heterocycles. The second-order valence-corrected chi connectivity index (χ2v) is 5.82. The third-order valence-corrected chi connectivity index (χ3v) is 3.26. The van der Waals surface area contributed by atoms with E-state index in [0.717, 1.165) is 0 Å². The van der Waals surface area contributed by atoms with Gasteiger partial charge in [-0.2, -0.15) is 0 Å². The second-order valence-electron chi connectivity index (χ2n) is 3.31. The van der Waals surface area contributed by atoms with Crippen molar-refractivity contribution in [1.82, 2.24) is 14.9 Å². The van der Waals surface area contributed by atoms with Crippen LogP contribution in [0.5, 0.6) is 0 Å². The summed E-state index contributed by atoms with van der Waals surface area (Å²) >= 11 is 0. The highest BCUT2D eigenvalue weighted by Gasteiger charge is 2.18. The number of carbonyl (C=O) groups excluding carboxylic acids is 1. The smallest absolute Gasteiger partial charge is 0.280 e. The Bertz CT molecular complexity index is 523. The highest BCUT2D eigenvalue weighted by Crippen LogP contribution is 2.14. The number of amides is 1. The van der Waals surface area contributed by atoms with Crippen LogP contribution in [0.1, 0.15) is 13.0 Å². The predicted octanol–water partition coefficient (Wildman–Crippen LogP) is 0.674. The number of aromatic nitrogens is 2. The van der Waals surface area contributed by atoms with E-state index in [1.54, 1.807) is 13.0 Å². The molecule has 1 atom stereocenters. The Hall–Kier alpha value is -1.34. The summed E-state index contributed by atoms with van der Waals surface area (Å²) in [6.07, 6.45) is 4.00. The van der Waals surface area contributed by atoms with Gasteiger partial charge in [-0.1, -0.05) is 6.08 Å². The van der Waals surface area contributed by atoms with Crippen LogP contribution in [0.3, 0.4) is 0 Å². The Labute approximate surface area is 104 Å². The summed E-state index contributed by atoms with van der Waals surface area (Å²) in [6, 6.07) is -0.574. The number of nitrogens with zero attached hydrogens (tertiary/aromatic N) is 2. The van der Waals surface area contributed by atoms with E-state index in [0.29, 0.717) is 6.54 Å². The van der Waals surface area contributed by atoms with Crippen LogP contribution in [-0.4, -0.2) is 30.4 Å². The minimum Gasteiger partial charge on any atom is -0.351 e. The van der Waals surface area contributed by atoms with Gasteiger partial charge in [0.2, 0.25) is 5.91 Å². The fourth-order valence-corrected chi connectivity index (χ4v) is 1.77. The van der Waals surface area contributed by atoms with Crippen molar-refractivity contribution in [3.8, 4) is 0 Å². The average molecular weight is 278 g/mol. The van der Waals surface area contributed by atoms with E-state index in [4.69, 9.17) is 10.7 Å². The Kier molecular flexibility index (Phi) is 4.30. The Balaban J connectivity index is 2.83. The predicted molar refractivity (Wildman–Crippen MR) is 63.2 cm³/mol. The summed E-state index contributed by atoms with van der Waals surface area (Å²) in [5, 5.41) is 2.32. The molecule has 0 aliphatic heterocycles. The van der Waals surface area contributed by atoms with Gasteiger partial charge in [-0.25, -0.2) is 13.4 Å². The van der Waals surface area contributed by atoms with Crippen molar-refractivity contribution < 1.29 is 13.2 Å². The molecule has 0 spiro atoms. The molecule has 8 heteroatoms. The van der Waals surface area contributed by atoms with Gasteiger partial charge in [-0.3, -0.25) is 4.79 Å². The van der Waals surface area contributed by atoms with Gasteiger partial charge in [0, 0.05) is 23.4 Å². The molecule has 1 rings (SSSR count). The van der Waals surface area contributed by atoms with Crippen molar-refractivity contribution in [1.29, 1.82) is 0 Å². The standard InChI is InChI=1S/C9H12ClN3O3S/c1-3-4-11-9(14)7(2)13-5-8(12-6-13)17(10,15)16/h3,5-7H,1,4H2,2H3,(H,11,14). The van der Waals surface area contributed by atoms with Crippen molar-refractivity contribution in [2.24, 2.45) is 0 Å². The number of nitrogens with one attached hydrogen (secondary N) is 1. The lowest BCUT2D eigenvalue weighted by molar-refractivity contribution is -0.123. The van der Waals surface area contributed by atoms with E-state index in [1.165, 1.54) is 17.1 Å². The zero-order valence-corrected chi connectivity index (χ0v) is 10.7. The van der Waals surface area contributed by atoms with E-state index < -0.39 is 15.1 Å².